The molecule has 0 radical (unpaired) electrons. The van der Waals surface area contributed by atoms with E-state index in [0.29, 0.717) is 19.6 Å². The molecule has 6 heteroatoms. The summed E-state index contributed by atoms with van der Waals surface area (Å²) in [7, 11) is 0. The molecule has 2 saturated heterocycles. The molecule has 0 aromatic heterocycles. The summed E-state index contributed by atoms with van der Waals surface area (Å²) in [6, 6.07) is 14.0. The Morgan fingerprint density at radius 3 is 2.68 bits per heavy atom. The van der Waals surface area contributed by atoms with Gasteiger partial charge in [-0.1, -0.05) is 36.4 Å². The fraction of sp³-hybridized carbons (Fsp3) is 0.500. The van der Waals surface area contributed by atoms with Crippen molar-refractivity contribution in [3.05, 3.63) is 42.5 Å². The number of rotatable bonds is 6. The summed E-state index contributed by atoms with van der Waals surface area (Å²) < 4.78 is 11.6. The van der Waals surface area contributed by atoms with Gasteiger partial charge in [0.1, 0.15) is 24.1 Å². The Balaban J connectivity index is 1.27. The van der Waals surface area contributed by atoms with Gasteiger partial charge >= 0.3 is 6.09 Å². The van der Waals surface area contributed by atoms with Crippen molar-refractivity contribution in [2.45, 2.75) is 31.5 Å². The smallest absolute Gasteiger partial charge is 0.410 e. The van der Waals surface area contributed by atoms with Gasteiger partial charge < -0.3 is 24.4 Å². The van der Waals surface area contributed by atoms with Crippen LogP contribution in [0.2, 0.25) is 0 Å². The van der Waals surface area contributed by atoms with Crippen LogP contribution in [0.1, 0.15) is 19.8 Å². The second-order valence-electron chi connectivity index (χ2n) is 7.81. The molecule has 1 spiro atoms. The Bertz CT molecular complexity index is 827. The van der Waals surface area contributed by atoms with Crippen LogP contribution in [-0.4, -0.2) is 72.0 Å². The standard InChI is InChI=1S/C22H28N2O4/c1-2-24-16-22(28-21(24)26)10-12-23(13-11-22)14-18(25)15-27-20-9-5-7-17-6-3-4-8-19(17)20/h3-9,18,25H,2,10-16H2,1H3. The van der Waals surface area contributed by atoms with Crippen LogP contribution in [0.5, 0.6) is 5.75 Å². The molecule has 28 heavy (non-hydrogen) atoms. The van der Waals surface area contributed by atoms with Crippen molar-refractivity contribution in [3.8, 4) is 5.75 Å². The molecular formula is C22H28N2O4. The highest BCUT2D eigenvalue weighted by Gasteiger charge is 2.46. The third-order valence-electron chi connectivity index (χ3n) is 5.84. The maximum atomic E-state index is 11.9. The number of β-amino-alcohol motifs (C(OH)–C–C–N with tert-alkyl or cyclic N) is 1. The van der Waals surface area contributed by atoms with E-state index >= 15 is 0 Å². The number of aliphatic hydroxyl groups is 1. The summed E-state index contributed by atoms with van der Waals surface area (Å²) in [6.45, 7) is 5.80. The lowest BCUT2D eigenvalue weighted by Gasteiger charge is -2.38. The molecular weight excluding hydrogens is 356 g/mol. The van der Waals surface area contributed by atoms with E-state index in [-0.39, 0.29) is 18.3 Å². The number of carbonyl (C=O) groups is 1. The first-order valence-electron chi connectivity index (χ1n) is 10.1. The summed E-state index contributed by atoms with van der Waals surface area (Å²) in [6.07, 6.45) is 0.865. The maximum Gasteiger partial charge on any atom is 0.410 e. The lowest BCUT2D eigenvalue weighted by atomic mass is 9.91. The van der Waals surface area contributed by atoms with Gasteiger partial charge in [-0.3, -0.25) is 0 Å². The van der Waals surface area contributed by atoms with Gasteiger partial charge in [-0.15, -0.1) is 0 Å². The number of benzene rings is 2. The summed E-state index contributed by atoms with van der Waals surface area (Å²) in [5, 5.41) is 12.6. The minimum atomic E-state index is -0.564. The number of nitrogens with zero attached hydrogens (tertiary/aromatic N) is 2. The number of piperidine rings is 1. The molecule has 2 aliphatic heterocycles. The summed E-state index contributed by atoms with van der Waals surface area (Å²) in [5.41, 5.74) is -0.339. The van der Waals surface area contributed by atoms with E-state index in [2.05, 4.69) is 17.0 Å². The average molecular weight is 384 g/mol. The molecule has 150 valence electrons. The van der Waals surface area contributed by atoms with Crippen molar-refractivity contribution < 1.29 is 19.4 Å². The first-order chi connectivity index (χ1) is 13.6. The van der Waals surface area contributed by atoms with Gasteiger partial charge in [-0.25, -0.2) is 4.79 Å². The topological polar surface area (TPSA) is 62.2 Å². The molecule has 0 aliphatic carbocycles. The molecule has 2 heterocycles. The Kier molecular flexibility index (Phi) is 5.42. The molecule has 1 N–H and O–H groups in total. The molecule has 2 aromatic rings. The van der Waals surface area contributed by atoms with Crippen LogP contribution >= 0.6 is 0 Å². The number of fused-ring (bicyclic) bond motifs is 1. The zero-order chi connectivity index (χ0) is 19.6. The van der Waals surface area contributed by atoms with E-state index < -0.39 is 6.10 Å². The number of aliphatic hydroxyl groups excluding tert-OH is 1. The quantitative estimate of drug-likeness (QED) is 0.830. The van der Waals surface area contributed by atoms with Crippen molar-refractivity contribution >= 4 is 16.9 Å². The van der Waals surface area contributed by atoms with Gasteiger partial charge in [0, 0.05) is 44.4 Å². The third kappa shape index (κ3) is 3.93. The molecule has 0 bridgehead atoms. The van der Waals surface area contributed by atoms with Crippen molar-refractivity contribution in [1.82, 2.24) is 9.80 Å². The minimum absolute atomic E-state index is 0.195. The predicted octanol–water partition coefficient (Wildman–Crippen LogP) is 2.89. The van der Waals surface area contributed by atoms with E-state index in [1.807, 2.05) is 37.3 Å². The van der Waals surface area contributed by atoms with E-state index in [0.717, 1.165) is 42.5 Å². The SMILES string of the molecule is CCN1CC2(CCN(CC(O)COc3cccc4ccccc34)CC2)OC1=O. The molecule has 2 fully saturated rings. The predicted molar refractivity (Wildman–Crippen MR) is 108 cm³/mol. The Morgan fingerprint density at radius 2 is 1.93 bits per heavy atom. The zero-order valence-electron chi connectivity index (χ0n) is 16.3. The van der Waals surface area contributed by atoms with Crippen LogP contribution < -0.4 is 4.74 Å². The van der Waals surface area contributed by atoms with Crippen molar-refractivity contribution in [2.75, 3.05) is 39.3 Å². The number of amides is 1. The van der Waals surface area contributed by atoms with Crippen LogP contribution in [0.4, 0.5) is 4.79 Å². The first kappa shape index (κ1) is 19.0. The van der Waals surface area contributed by atoms with Crippen LogP contribution in [0.15, 0.2) is 42.5 Å². The summed E-state index contributed by atoms with van der Waals surface area (Å²) >= 11 is 0. The molecule has 1 atom stereocenters. The Morgan fingerprint density at radius 1 is 1.18 bits per heavy atom. The van der Waals surface area contributed by atoms with E-state index in [1.54, 1.807) is 4.90 Å². The van der Waals surface area contributed by atoms with Gasteiger partial charge in [0.05, 0.1) is 6.54 Å². The molecule has 6 nitrogen and oxygen atoms in total. The maximum absolute atomic E-state index is 11.9. The van der Waals surface area contributed by atoms with E-state index in [9.17, 15) is 9.90 Å². The molecule has 0 saturated carbocycles. The molecule has 2 aliphatic rings. The second kappa shape index (κ2) is 7.97. The second-order valence-corrected chi connectivity index (χ2v) is 7.81. The lowest BCUT2D eigenvalue weighted by molar-refractivity contribution is -0.0144. The number of hydrogen-bond donors (Lipinski definition) is 1. The largest absolute Gasteiger partial charge is 0.490 e. The van der Waals surface area contributed by atoms with E-state index in [1.165, 1.54) is 0 Å². The summed E-state index contributed by atoms with van der Waals surface area (Å²) in [5.74, 6) is 0.798. The highest BCUT2D eigenvalue weighted by atomic mass is 16.6. The molecule has 1 amide bonds. The van der Waals surface area contributed by atoms with Crippen LogP contribution in [0.25, 0.3) is 10.8 Å². The summed E-state index contributed by atoms with van der Waals surface area (Å²) in [4.78, 5) is 15.9. The molecule has 1 unspecified atom stereocenters. The first-order valence-corrected chi connectivity index (χ1v) is 10.1. The number of hydrogen-bond acceptors (Lipinski definition) is 5. The van der Waals surface area contributed by atoms with Crippen LogP contribution in [0.3, 0.4) is 0 Å². The van der Waals surface area contributed by atoms with Gasteiger partial charge in [-0.05, 0) is 18.4 Å². The van der Waals surface area contributed by atoms with Crippen molar-refractivity contribution in [2.24, 2.45) is 0 Å². The van der Waals surface area contributed by atoms with Gasteiger partial charge in [0.15, 0.2) is 0 Å². The van der Waals surface area contributed by atoms with Gasteiger partial charge in [-0.2, -0.15) is 0 Å². The van der Waals surface area contributed by atoms with Gasteiger partial charge in [0.2, 0.25) is 0 Å². The van der Waals surface area contributed by atoms with Crippen LogP contribution in [0, 0.1) is 0 Å². The monoisotopic (exact) mass is 384 g/mol. The third-order valence-corrected chi connectivity index (χ3v) is 5.84. The van der Waals surface area contributed by atoms with Crippen molar-refractivity contribution in [3.63, 3.8) is 0 Å². The van der Waals surface area contributed by atoms with E-state index in [4.69, 9.17) is 9.47 Å². The fourth-order valence-corrected chi connectivity index (χ4v) is 4.20. The Hall–Kier alpha value is -2.31. The lowest BCUT2D eigenvalue weighted by Crippen LogP contribution is -2.49. The fourth-order valence-electron chi connectivity index (χ4n) is 4.20. The Labute approximate surface area is 165 Å². The number of likely N-dealkylation sites (N-methyl/N-ethyl adjacent to an activating group) is 1. The van der Waals surface area contributed by atoms with Gasteiger partial charge in [0.25, 0.3) is 0 Å². The number of likely N-dealkylation sites (tertiary alicyclic amines) is 1. The normalized spacial score (nSPS) is 20.5. The highest BCUT2D eigenvalue weighted by molar-refractivity contribution is 5.88. The minimum Gasteiger partial charge on any atom is -0.490 e. The average Bonchev–Trinajstić information content (AvgIpc) is 3.03. The highest BCUT2D eigenvalue weighted by Crippen LogP contribution is 2.33. The molecule has 4 rings (SSSR count). The number of carbonyl (C=O) groups excluding carboxylic acids is 1. The number of ether oxygens (including phenoxy) is 2. The van der Waals surface area contributed by atoms with Crippen molar-refractivity contribution in [1.29, 1.82) is 0 Å². The van der Waals surface area contributed by atoms with Crippen LogP contribution in [-0.2, 0) is 4.74 Å². The molecule has 2 aromatic carbocycles. The zero-order valence-corrected chi connectivity index (χ0v) is 16.3.